The Morgan fingerprint density at radius 2 is 1.88 bits per heavy atom. The normalized spacial score (nSPS) is 11.2. The lowest BCUT2D eigenvalue weighted by atomic mass is 10.1. The van der Waals surface area contributed by atoms with Crippen molar-refractivity contribution in [3.05, 3.63) is 67.4 Å². The number of fused-ring (bicyclic) bond motifs is 1. The molecule has 0 saturated carbocycles. The Labute approximate surface area is 159 Å². The lowest BCUT2D eigenvalue weighted by Gasteiger charge is -2.00. The molecule has 0 atom stereocenters. The second-order valence-corrected chi connectivity index (χ2v) is 6.84. The van der Waals surface area contributed by atoms with Gasteiger partial charge in [-0.25, -0.2) is 4.79 Å². The minimum atomic E-state index is -0.491. The van der Waals surface area contributed by atoms with Crippen molar-refractivity contribution in [3.8, 4) is 23.0 Å². The molecule has 0 unspecified atom stereocenters. The summed E-state index contributed by atoms with van der Waals surface area (Å²) in [5, 5.41) is 5.96. The van der Waals surface area contributed by atoms with E-state index in [1.165, 1.54) is 0 Å². The number of benzene rings is 2. The van der Waals surface area contributed by atoms with Gasteiger partial charge in [0.2, 0.25) is 5.82 Å². The minimum absolute atomic E-state index is 0.0702. The quantitative estimate of drug-likeness (QED) is 0.409. The van der Waals surface area contributed by atoms with Gasteiger partial charge in [0.25, 0.3) is 5.89 Å². The third kappa shape index (κ3) is 2.97. The fourth-order valence-corrected chi connectivity index (χ4v) is 3.24. The van der Waals surface area contributed by atoms with Crippen LogP contribution in [0.2, 0.25) is 10.0 Å². The minimum Gasteiger partial charge on any atom is -0.417 e. The summed E-state index contributed by atoms with van der Waals surface area (Å²) in [4.78, 5) is 16.4. The van der Waals surface area contributed by atoms with Gasteiger partial charge in [0.05, 0.1) is 10.4 Å². The van der Waals surface area contributed by atoms with Crippen LogP contribution < -0.4 is 5.63 Å². The zero-order chi connectivity index (χ0) is 17.6. The Bertz CT molecular complexity index is 1170. The zero-order valence-corrected chi connectivity index (χ0v) is 15.4. The topological polar surface area (TPSA) is 69.1 Å². The summed E-state index contributed by atoms with van der Waals surface area (Å²) < 4.78 is 11.3. The van der Waals surface area contributed by atoms with E-state index in [1.807, 2.05) is 6.07 Å². The van der Waals surface area contributed by atoms with Gasteiger partial charge in [-0.3, -0.25) is 0 Å². The molecule has 4 rings (SSSR count). The molecular formula is C17H7BrCl2N2O3. The average Bonchev–Trinajstić information content (AvgIpc) is 3.08. The van der Waals surface area contributed by atoms with E-state index in [-0.39, 0.29) is 17.5 Å². The van der Waals surface area contributed by atoms with Gasteiger partial charge in [0.15, 0.2) is 5.76 Å². The molecule has 124 valence electrons. The monoisotopic (exact) mass is 436 g/mol. The van der Waals surface area contributed by atoms with E-state index in [2.05, 4.69) is 26.1 Å². The van der Waals surface area contributed by atoms with Gasteiger partial charge < -0.3 is 8.94 Å². The Morgan fingerprint density at radius 1 is 1.04 bits per heavy atom. The molecule has 0 aliphatic heterocycles. The smallest absolute Gasteiger partial charge is 0.344 e. The van der Waals surface area contributed by atoms with E-state index in [0.29, 0.717) is 26.4 Å². The van der Waals surface area contributed by atoms with E-state index < -0.39 is 5.63 Å². The molecule has 0 spiro atoms. The van der Waals surface area contributed by atoms with Crippen LogP contribution in [0.3, 0.4) is 0 Å². The maximum Gasteiger partial charge on any atom is 0.344 e. The van der Waals surface area contributed by atoms with Gasteiger partial charge in [-0.2, -0.15) is 4.98 Å². The van der Waals surface area contributed by atoms with E-state index >= 15 is 0 Å². The van der Waals surface area contributed by atoms with Crippen LogP contribution in [-0.2, 0) is 0 Å². The van der Waals surface area contributed by atoms with Gasteiger partial charge in [-0.05, 0) is 36.4 Å². The molecule has 0 aliphatic carbocycles. The van der Waals surface area contributed by atoms with Gasteiger partial charge >= 0.3 is 5.63 Å². The highest BCUT2D eigenvalue weighted by molar-refractivity contribution is 9.10. The predicted molar refractivity (Wildman–Crippen MR) is 98.9 cm³/mol. The molecule has 0 amide bonds. The van der Waals surface area contributed by atoms with Crippen LogP contribution >= 0.6 is 39.1 Å². The van der Waals surface area contributed by atoms with E-state index in [4.69, 9.17) is 32.1 Å². The maximum absolute atomic E-state index is 12.2. The third-order valence-electron chi connectivity index (χ3n) is 3.56. The standard InChI is InChI=1S/C17H7BrCl2N2O3/c18-12-3-1-2-9-10(12)7-14(24-17(9)23)16-21-15(22-25-16)11-6-8(19)4-5-13(11)20/h1-7H. The molecular weight excluding hydrogens is 431 g/mol. The van der Waals surface area contributed by atoms with Gasteiger partial charge in [0.1, 0.15) is 0 Å². The van der Waals surface area contributed by atoms with Gasteiger partial charge in [0, 0.05) is 20.4 Å². The Kier molecular flexibility index (Phi) is 4.11. The summed E-state index contributed by atoms with van der Waals surface area (Å²) in [6.45, 7) is 0. The van der Waals surface area contributed by atoms with Crippen molar-refractivity contribution >= 4 is 49.9 Å². The zero-order valence-electron chi connectivity index (χ0n) is 12.3. The number of hydrogen-bond donors (Lipinski definition) is 0. The van der Waals surface area contributed by atoms with Crippen molar-refractivity contribution in [2.24, 2.45) is 0 Å². The Morgan fingerprint density at radius 3 is 2.72 bits per heavy atom. The predicted octanol–water partition coefficient (Wildman–Crippen LogP) is 5.58. The van der Waals surface area contributed by atoms with Crippen LogP contribution in [-0.4, -0.2) is 10.1 Å². The SMILES string of the molecule is O=c1oc(-c2nc(-c3cc(Cl)ccc3Cl)no2)cc2c(Br)cccc12. The van der Waals surface area contributed by atoms with Crippen LogP contribution in [0, 0.1) is 0 Å². The number of rotatable bonds is 2. The van der Waals surface area contributed by atoms with E-state index in [9.17, 15) is 4.79 Å². The first-order valence-electron chi connectivity index (χ1n) is 7.05. The fourth-order valence-electron chi connectivity index (χ4n) is 2.38. The molecule has 2 aromatic heterocycles. The first-order chi connectivity index (χ1) is 12.0. The number of halogens is 3. The third-order valence-corrected chi connectivity index (χ3v) is 4.81. The van der Waals surface area contributed by atoms with E-state index in [0.717, 1.165) is 4.47 Å². The van der Waals surface area contributed by atoms with Crippen molar-refractivity contribution in [3.63, 3.8) is 0 Å². The molecule has 0 aliphatic rings. The highest BCUT2D eigenvalue weighted by atomic mass is 79.9. The molecule has 0 fully saturated rings. The molecule has 2 aromatic carbocycles. The molecule has 0 bridgehead atoms. The lowest BCUT2D eigenvalue weighted by Crippen LogP contribution is -2.00. The fraction of sp³-hybridized carbons (Fsp3) is 0. The molecule has 5 nitrogen and oxygen atoms in total. The van der Waals surface area contributed by atoms with Crippen LogP contribution in [0.25, 0.3) is 33.8 Å². The molecule has 0 saturated heterocycles. The van der Waals surface area contributed by atoms with Crippen LogP contribution in [0.1, 0.15) is 0 Å². The molecule has 2 heterocycles. The Hall–Kier alpha value is -2.15. The average molecular weight is 438 g/mol. The summed E-state index contributed by atoms with van der Waals surface area (Å²) in [5.41, 5.74) is 0.0304. The molecule has 25 heavy (non-hydrogen) atoms. The molecule has 8 heteroatoms. The first-order valence-corrected chi connectivity index (χ1v) is 8.60. The molecule has 0 radical (unpaired) electrons. The van der Waals surface area contributed by atoms with Crippen LogP contribution in [0.15, 0.2) is 60.7 Å². The highest BCUT2D eigenvalue weighted by Gasteiger charge is 2.17. The maximum atomic E-state index is 12.2. The van der Waals surface area contributed by atoms with Crippen LogP contribution in [0.5, 0.6) is 0 Å². The van der Waals surface area contributed by atoms with Gasteiger partial charge in [-0.15, -0.1) is 0 Å². The number of hydrogen-bond acceptors (Lipinski definition) is 5. The summed E-state index contributed by atoms with van der Waals surface area (Å²) >= 11 is 15.6. The van der Waals surface area contributed by atoms with Crippen molar-refractivity contribution in [1.82, 2.24) is 10.1 Å². The number of nitrogens with zero attached hydrogens (tertiary/aromatic N) is 2. The highest BCUT2D eigenvalue weighted by Crippen LogP contribution is 2.31. The summed E-state index contributed by atoms with van der Waals surface area (Å²) in [7, 11) is 0. The second kappa shape index (κ2) is 6.29. The molecule has 0 N–H and O–H groups in total. The van der Waals surface area contributed by atoms with Gasteiger partial charge in [-0.1, -0.05) is 50.4 Å². The van der Waals surface area contributed by atoms with Crippen molar-refractivity contribution in [2.45, 2.75) is 0 Å². The van der Waals surface area contributed by atoms with Crippen LogP contribution in [0.4, 0.5) is 0 Å². The second-order valence-electron chi connectivity index (χ2n) is 5.15. The van der Waals surface area contributed by atoms with Crippen molar-refractivity contribution in [2.75, 3.05) is 0 Å². The lowest BCUT2D eigenvalue weighted by molar-refractivity contribution is 0.411. The first kappa shape index (κ1) is 16.3. The Balaban J connectivity index is 1.86. The van der Waals surface area contributed by atoms with Crippen molar-refractivity contribution < 1.29 is 8.94 Å². The summed E-state index contributed by atoms with van der Waals surface area (Å²) in [6, 6.07) is 11.9. The molecule has 4 aromatic rings. The van der Waals surface area contributed by atoms with E-state index in [1.54, 1.807) is 36.4 Å². The summed E-state index contributed by atoms with van der Waals surface area (Å²) in [6.07, 6.45) is 0. The van der Waals surface area contributed by atoms with Crippen molar-refractivity contribution in [1.29, 1.82) is 0 Å². The largest absolute Gasteiger partial charge is 0.417 e. The number of aromatic nitrogens is 2. The summed E-state index contributed by atoms with van der Waals surface area (Å²) in [5.74, 6) is 0.486.